The van der Waals surface area contributed by atoms with E-state index < -0.39 is 17.2 Å². The first kappa shape index (κ1) is 11.4. The molecule has 0 aliphatic rings. The van der Waals surface area contributed by atoms with Gasteiger partial charge in [0.2, 0.25) is 0 Å². The average Bonchev–Trinajstić information content (AvgIpc) is 1.86. The largest absolute Gasteiger partial charge is 0.479 e. The summed E-state index contributed by atoms with van der Waals surface area (Å²) in [4.78, 5) is 10.5. The van der Waals surface area contributed by atoms with Crippen LogP contribution < -0.4 is 0 Å². The number of carboxylic acids is 1. The fourth-order valence-corrected chi connectivity index (χ4v) is 0.961. The minimum atomic E-state index is -2.08. The second-order valence-corrected chi connectivity index (χ2v) is 3.40. The lowest BCUT2D eigenvalue weighted by atomic mass is 9.82. The summed E-state index contributed by atoms with van der Waals surface area (Å²) in [6.45, 7) is 4.24. The summed E-state index contributed by atoms with van der Waals surface area (Å²) in [5, 5.41) is 27.6. The van der Waals surface area contributed by atoms with Crippen LogP contribution in [0.25, 0.3) is 0 Å². The lowest BCUT2D eigenvalue weighted by Gasteiger charge is -2.34. The molecule has 0 aromatic heterocycles. The number of carboxylic acid groups (broad SMARTS) is 1. The van der Waals surface area contributed by atoms with Crippen LogP contribution in [-0.2, 0) is 4.79 Å². The maximum atomic E-state index is 10.5. The van der Waals surface area contributed by atoms with Gasteiger partial charge in [-0.3, -0.25) is 0 Å². The van der Waals surface area contributed by atoms with Crippen molar-refractivity contribution in [1.82, 2.24) is 0 Å². The Morgan fingerprint density at radius 1 is 1.33 bits per heavy atom. The molecule has 0 rings (SSSR count). The highest BCUT2D eigenvalue weighted by Crippen LogP contribution is 2.26. The van der Waals surface area contributed by atoms with E-state index in [0.717, 1.165) is 6.92 Å². The zero-order valence-electron chi connectivity index (χ0n) is 7.66. The zero-order valence-corrected chi connectivity index (χ0v) is 7.66. The third-order valence-electron chi connectivity index (χ3n) is 2.20. The van der Waals surface area contributed by atoms with Gasteiger partial charge in [-0.2, -0.15) is 0 Å². The third kappa shape index (κ3) is 1.95. The van der Waals surface area contributed by atoms with Crippen molar-refractivity contribution in [2.24, 2.45) is 0 Å². The molecule has 12 heavy (non-hydrogen) atoms. The maximum Gasteiger partial charge on any atom is 0.338 e. The van der Waals surface area contributed by atoms with Gasteiger partial charge >= 0.3 is 5.97 Å². The lowest BCUT2D eigenvalue weighted by molar-refractivity contribution is -0.186. The second-order valence-electron chi connectivity index (χ2n) is 3.40. The van der Waals surface area contributed by atoms with Crippen LogP contribution in [0.15, 0.2) is 0 Å². The molecule has 0 radical (unpaired) electrons. The summed E-state index contributed by atoms with van der Waals surface area (Å²) in [7, 11) is 0. The Labute approximate surface area is 71.8 Å². The molecule has 2 unspecified atom stereocenters. The van der Waals surface area contributed by atoms with Crippen LogP contribution in [0.3, 0.4) is 0 Å². The highest BCUT2D eigenvalue weighted by atomic mass is 16.4. The summed E-state index contributed by atoms with van der Waals surface area (Å²) < 4.78 is 0. The number of hydrogen-bond donors (Lipinski definition) is 3. The first-order chi connectivity index (χ1) is 5.25. The van der Waals surface area contributed by atoms with Gasteiger partial charge in [-0.1, -0.05) is 13.3 Å². The third-order valence-corrected chi connectivity index (χ3v) is 2.20. The minimum Gasteiger partial charge on any atom is -0.479 e. The van der Waals surface area contributed by atoms with Crippen LogP contribution in [0.4, 0.5) is 0 Å². The smallest absolute Gasteiger partial charge is 0.338 e. The monoisotopic (exact) mass is 176 g/mol. The maximum absolute atomic E-state index is 10.5. The first-order valence-corrected chi connectivity index (χ1v) is 3.94. The SMILES string of the molecule is CCCC(C)(O)C(C)(O)C(=O)O. The van der Waals surface area contributed by atoms with E-state index in [4.69, 9.17) is 5.11 Å². The molecule has 0 aromatic rings. The van der Waals surface area contributed by atoms with Gasteiger partial charge in [0.05, 0.1) is 0 Å². The number of carbonyl (C=O) groups is 1. The lowest BCUT2D eigenvalue weighted by Crippen LogP contribution is -2.55. The molecule has 0 fully saturated rings. The topological polar surface area (TPSA) is 77.8 Å². The molecule has 3 N–H and O–H groups in total. The predicted molar refractivity (Wildman–Crippen MR) is 43.8 cm³/mol. The van der Waals surface area contributed by atoms with E-state index in [1.807, 2.05) is 6.92 Å². The summed E-state index contributed by atoms with van der Waals surface area (Å²) in [6, 6.07) is 0. The first-order valence-electron chi connectivity index (χ1n) is 3.94. The Morgan fingerprint density at radius 3 is 2.00 bits per heavy atom. The van der Waals surface area contributed by atoms with Crippen molar-refractivity contribution in [2.75, 3.05) is 0 Å². The Hall–Kier alpha value is -0.610. The van der Waals surface area contributed by atoms with E-state index in [-0.39, 0.29) is 6.42 Å². The number of rotatable bonds is 4. The summed E-state index contributed by atoms with van der Waals surface area (Å²) >= 11 is 0. The van der Waals surface area contributed by atoms with Gasteiger partial charge < -0.3 is 15.3 Å². The normalized spacial score (nSPS) is 21.1. The highest BCUT2D eigenvalue weighted by Gasteiger charge is 2.47. The molecule has 4 heteroatoms. The van der Waals surface area contributed by atoms with Gasteiger partial charge in [0, 0.05) is 0 Å². The Bertz CT molecular complexity index is 172. The van der Waals surface area contributed by atoms with Crippen molar-refractivity contribution >= 4 is 5.97 Å². The van der Waals surface area contributed by atoms with Crippen LogP contribution in [0.1, 0.15) is 33.6 Å². The zero-order chi connectivity index (χ0) is 9.99. The highest BCUT2D eigenvalue weighted by molar-refractivity contribution is 5.78. The molecular formula is C8H16O4. The number of aliphatic carboxylic acids is 1. The van der Waals surface area contributed by atoms with Crippen molar-refractivity contribution < 1.29 is 20.1 Å². The summed E-state index contributed by atoms with van der Waals surface area (Å²) in [6.07, 6.45) is 0.878. The standard InChI is InChI=1S/C8H16O4/c1-4-5-7(2,11)8(3,12)6(9)10/h11-12H,4-5H2,1-3H3,(H,9,10). The molecule has 4 nitrogen and oxygen atoms in total. The van der Waals surface area contributed by atoms with Crippen LogP contribution in [0.5, 0.6) is 0 Å². The van der Waals surface area contributed by atoms with Gasteiger partial charge in [-0.05, 0) is 20.3 Å². The van der Waals surface area contributed by atoms with E-state index >= 15 is 0 Å². The van der Waals surface area contributed by atoms with Gasteiger partial charge in [0.25, 0.3) is 0 Å². The Balaban J connectivity index is 4.62. The van der Waals surface area contributed by atoms with Crippen molar-refractivity contribution in [3.8, 4) is 0 Å². The molecule has 0 amide bonds. The molecule has 0 spiro atoms. The van der Waals surface area contributed by atoms with Gasteiger partial charge in [-0.15, -0.1) is 0 Å². The molecule has 0 heterocycles. The molecule has 0 aliphatic carbocycles. The summed E-state index contributed by atoms with van der Waals surface area (Å²) in [5.41, 5.74) is -3.66. The van der Waals surface area contributed by atoms with Crippen molar-refractivity contribution in [3.05, 3.63) is 0 Å². The van der Waals surface area contributed by atoms with Crippen LogP contribution in [-0.4, -0.2) is 32.5 Å². The molecular weight excluding hydrogens is 160 g/mol. The van der Waals surface area contributed by atoms with Crippen molar-refractivity contribution in [1.29, 1.82) is 0 Å². The average molecular weight is 176 g/mol. The second kappa shape index (κ2) is 3.41. The quantitative estimate of drug-likeness (QED) is 0.578. The van der Waals surface area contributed by atoms with Crippen LogP contribution in [0.2, 0.25) is 0 Å². The van der Waals surface area contributed by atoms with E-state index in [9.17, 15) is 15.0 Å². The molecule has 0 saturated heterocycles. The molecule has 0 saturated carbocycles. The molecule has 0 aliphatic heterocycles. The predicted octanol–water partition coefficient (Wildman–Crippen LogP) is 0.373. The van der Waals surface area contributed by atoms with Gasteiger partial charge in [0.1, 0.15) is 5.60 Å². The molecule has 0 bridgehead atoms. The fourth-order valence-electron chi connectivity index (χ4n) is 0.961. The summed E-state index contributed by atoms with van der Waals surface area (Å²) in [5.74, 6) is -1.40. The van der Waals surface area contributed by atoms with E-state index in [0.29, 0.717) is 6.42 Å². The minimum absolute atomic E-state index is 0.256. The molecule has 2 atom stereocenters. The number of aliphatic hydroxyl groups is 2. The van der Waals surface area contributed by atoms with Crippen LogP contribution in [0, 0.1) is 0 Å². The van der Waals surface area contributed by atoms with Crippen molar-refractivity contribution in [3.63, 3.8) is 0 Å². The van der Waals surface area contributed by atoms with Gasteiger partial charge in [-0.25, -0.2) is 4.79 Å². The van der Waals surface area contributed by atoms with E-state index in [1.165, 1.54) is 6.92 Å². The molecule has 0 aromatic carbocycles. The van der Waals surface area contributed by atoms with Gasteiger partial charge in [0.15, 0.2) is 5.60 Å². The van der Waals surface area contributed by atoms with Crippen LogP contribution >= 0.6 is 0 Å². The number of hydrogen-bond acceptors (Lipinski definition) is 3. The Kier molecular flexibility index (Phi) is 3.24. The van der Waals surface area contributed by atoms with Crippen molar-refractivity contribution in [2.45, 2.75) is 44.8 Å². The Morgan fingerprint density at radius 2 is 1.75 bits per heavy atom. The fraction of sp³-hybridized carbons (Fsp3) is 0.875. The van der Waals surface area contributed by atoms with E-state index in [1.54, 1.807) is 0 Å². The molecule has 72 valence electrons. The van der Waals surface area contributed by atoms with E-state index in [2.05, 4.69) is 0 Å².